The third-order valence-corrected chi connectivity index (χ3v) is 7.24. The molecule has 0 spiro atoms. The first-order chi connectivity index (χ1) is 18.4. The maximum absolute atomic E-state index is 11.7. The summed E-state index contributed by atoms with van der Waals surface area (Å²) in [5.74, 6) is 1.19. The van der Waals surface area contributed by atoms with Gasteiger partial charge in [0.05, 0.1) is 11.2 Å². The Morgan fingerprint density at radius 1 is 1.21 bits per heavy atom. The average molecular weight is 513 g/mol. The Morgan fingerprint density at radius 2 is 2.08 bits per heavy atom. The highest BCUT2D eigenvalue weighted by atomic mass is 16.3. The number of aromatic amines is 2. The molecule has 2 aromatic heterocycles. The Kier molecular flexibility index (Phi) is 7.60. The molecule has 0 fully saturated rings. The monoisotopic (exact) mass is 512 g/mol. The Balaban J connectivity index is 1.25. The van der Waals surface area contributed by atoms with Crippen molar-refractivity contribution in [3.63, 3.8) is 0 Å². The molecule has 0 unspecified atom stereocenters. The molecular weight excluding hydrogens is 476 g/mol. The van der Waals surface area contributed by atoms with Crippen molar-refractivity contribution in [3.05, 3.63) is 59.9 Å². The summed E-state index contributed by atoms with van der Waals surface area (Å²) in [6, 6.07) is 11.8. The van der Waals surface area contributed by atoms with Crippen LogP contribution in [0.2, 0.25) is 0 Å². The number of fused-ring (bicyclic) bond motifs is 1. The quantitative estimate of drug-likeness (QED) is 0.232. The van der Waals surface area contributed by atoms with E-state index in [0.29, 0.717) is 0 Å². The number of imidazole rings is 1. The zero-order chi connectivity index (χ0) is 26.6. The van der Waals surface area contributed by atoms with Gasteiger partial charge in [0.25, 0.3) is 0 Å². The molecule has 0 saturated heterocycles. The van der Waals surface area contributed by atoms with E-state index in [9.17, 15) is 9.90 Å². The molecule has 198 valence electrons. The van der Waals surface area contributed by atoms with Crippen LogP contribution in [-0.4, -0.2) is 62.3 Å². The van der Waals surface area contributed by atoms with E-state index in [0.717, 1.165) is 90.2 Å². The maximum atomic E-state index is 11.7. The lowest BCUT2D eigenvalue weighted by Gasteiger charge is -2.25. The number of aromatic hydroxyl groups is 1. The molecule has 0 radical (unpaired) electrons. The summed E-state index contributed by atoms with van der Waals surface area (Å²) in [5.41, 5.74) is 7.28. The summed E-state index contributed by atoms with van der Waals surface area (Å²) < 4.78 is 0. The fourth-order valence-corrected chi connectivity index (χ4v) is 4.99. The second-order valence-electron chi connectivity index (χ2n) is 10.2. The van der Waals surface area contributed by atoms with E-state index < -0.39 is 0 Å². The molecule has 0 aliphatic carbocycles. The lowest BCUT2D eigenvalue weighted by Crippen LogP contribution is -2.33. The zero-order valence-corrected chi connectivity index (χ0v) is 22.3. The highest BCUT2D eigenvalue weighted by Crippen LogP contribution is 2.32. The second kappa shape index (κ2) is 11.2. The SMILES string of the molecule is CCc1cc(O)ccc1-c1ccc2c(-c3nc(C4=CCN(CCCNC(=O)C(C)C)CC4)c[nH]3)n[nH]c2c1. The molecule has 38 heavy (non-hydrogen) atoms. The van der Waals surface area contributed by atoms with Gasteiger partial charge in [-0.05, 0) is 65.8 Å². The van der Waals surface area contributed by atoms with Crippen molar-refractivity contribution >= 4 is 22.4 Å². The van der Waals surface area contributed by atoms with Crippen molar-refractivity contribution in [3.8, 4) is 28.4 Å². The number of carbonyl (C=O) groups excluding carboxylic acids is 1. The predicted molar refractivity (Wildman–Crippen MR) is 152 cm³/mol. The average Bonchev–Trinajstić information content (AvgIpc) is 3.58. The van der Waals surface area contributed by atoms with Crippen molar-refractivity contribution < 1.29 is 9.90 Å². The van der Waals surface area contributed by atoms with Gasteiger partial charge < -0.3 is 15.4 Å². The molecule has 2 aromatic carbocycles. The van der Waals surface area contributed by atoms with Crippen molar-refractivity contribution in [2.45, 2.75) is 40.0 Å². The summed E-state index contributed by atoms with van der Waals surface area (Å²) >= 11 is 0. The number of rotatable bonds is 9. The summed E-state index contributed by atoms with van der Waals surface area (Å²) in [7, 11) is 0. The van der Waals surface area contributed by atoms with E-state index in [4.69, 9.17) is 4.98 Å². The van der Waals surface area contributed by atoms with Gasteiger partial charge in [-0.3, -0.25) is 14.8 Å². The van der Waals surface area contributed by atoms with Crippen LogP contribution in [0.15, 0.2) is 48.7 Å². The zero-order valence-electron chi connectivity index (χ0n) is 22.3. The number of phenolic OH excluding ortho intramolecular Hbond substituents is 1. The van der Waals surface area contributed by atoms with Gasteiger partial charge in [-0.15, -0.1) is 0 Å². The van der Waals surface area contributed by atoms with E-state index in [1.807, 2.05) is 32.2 Å². The number of aryl methyl sites for hydroxylation is 1. The largest absolute Gasteiger partial charge is 0.508 e. The number of nitrogens with one attached hydrogen (secondary N) is 3. The highest BCUT2D eigenvalue weighted by Gasteiger charge is 2.18. The van der Waals surface area contributed by atoms with E-state index in [-0.39, 0.29) is 17.6 Å². The minimum absolute atomic E-state index is 0.0330. The van der Waals surface area contributed by atoms with Crippen molar-refractivity contribution in [1.82, 2.24) is 30.4 Å². The van der Waals surface area contributed by atoms with Crippen LogP contribution >= 0.6 is 0 Å². The summed E-state index contributed by atoms with van der Waals surface area (Å²) in [4.78, 5) is 22.3. The van der Waals surface area contributed by atoms with E-state index in [2.05, 4.69) is 56.6 Å². The van der Waals surface area contributed by atoms with Crippen LogP contribution in [0.3, 0.4) is 0 Å². The molecule has 8 heteroatoms. The molecule has 0 saturated carbocycles. The predicted octanol–water partition coefficient (Wildman–Crippen LogP) is 5.14. The first-order valence-corrected chi connectivity index (χ1v) is 13.5. The third kappa shape index (κ3) is 5.50. The third-order valence-electron chi connectivity index (χ3n) is 7.24. The van der Waals surface area contributed by atoms with Crippen LogP contribution in [0.4, 0.5) is 0 Å². The van der Waals surface area contributed by atoms with Gasteiger partial charge in [0.1, 0.15) is 11.4 Å². The summed E-state index contributed by atoms with van der Waals surface area (Å²) in [5, 5.41) is 21.6. The molecule has 8 nitrogen and oxygen atoms in total. The number of H-pyrrole nitrogens is 2. The van der Waals surface area contributed by atoms with Crippen LogP contribution in [-0.2, 0) is 11.2 Å². The number of amides is 1. The highest BCUT2D eigenvalue weighted by molar-refractivity contribution is 5.94. The Bertz CT molecular complexity index is 1460. The van der Waals surface area contributed by atoms with Crippen LogP contribution in [0.1, 0.15) is 44.9 Å². The van der Waals surface area contributed by atoms with Crippen molar-refractivity contribution in [2.75, 3.05) is 26.2 Å². The van der Waals surface area contributed by atoms with E-state index in [1.54, 1.807) is 6.07 Å². The molecule has 0 bridgehead atoms. The van der Waals surface area contributed by atoms with Gasteiger partial charge >= 0.3 is 0 Å². The lowest BCUT2D eigenvalue weighted by molar-refractivity contribution is -0.123. The maximum Gasteiger partial charge on any atom is 0.222 e. The topological polar surface area (TPSA) is 110 Å². The smallest absolute Gasteiger partial charge is 0.222 e. The number of carbonyl (C=O) groups is 1. The molecule has 0 atom stereocenters. The van der Waals surface area contributed by atoms with Crippen molar-refractivity contribution in [1.29, 1.82) is 0 Å². The molecule has 3 heterocycles. The van der Waals surface area contributed by atoms with Gasteiger partial charge in [-0.1, -0.05) is 39.0 Å². The first kappa shape index (κ1) is 25.7. The van der Waals surface area contributed by atoms with Crippen LogP contribution < -0.4 is 5.32 Å². The summed E-state index contributed by atoms with van der Waals surface area (Å²) in [6.45, 7) is 9.49. The van der Waals surface area contributed by atoms with Crippen LogP contribution in [0, 0.1) is 5.92 Å². The van der Waals surface area contributed by atoms with E-state index >= 15 is 0 Å². The molecule has 1 aliphatic heterocycles. The Labute approximate surface area is 223 Å². The standard InChI is InChI=1S/C30H36N6O2/c1-4-20-16-23(37)7-9-24(20)22-6-8-25-26(17-22)34-35-28(25)29-32-18-27(33-29)21-10-14-36(15-11-21)13-5-12-31-30(38)19(2)3/h6-10,16-19,37H,4-5,11-15H2,1-3H3,(H,31,38)(H,32,33)(H,34,35). The first-order valence-electron chi connectivity index (χ1n) is 13.5. The van der Waals surface area contributed by atoms with Gasteiger partial charge in [0.2, 0.25) is 5.91 Å². The number of hydrogen-bond donors (Lipinski definition) is 4. The van der Waals surface area contributed by atoms with Crippen LogP contribution in [0.5, 0.6) is 5.75 Å². The van der Waals surface area contributed by atoms with Gasteiger partial charge in [-0.2, -0.15) is 5.10 Å². The fraction of sp³-hybridized carbons (Fsp3) is 0.367. The number of benzene rings is 2. The summed E-state index contributed by atoms with van der Waals surface area (Å²) in [6.07, 6.45) is 6.97. The number of hydrogen-bond acceptors (Lipinski definition) is 5. The minimum atomic E-state index is 0.0330. The number of nitrogens with zero attached hydrogens (tertiary/aromatic N) is 3. The van der Waals surface area contributed by atoms with Crippen LogP contribution in [0.25, 0.3) is 39.1 Å². The normalized spacial score (nSPS) is 14.3. The molecular formula is C30H36N6O2. The Hall–Kier alpha value is -3.91. The molecule has 4 aromatic rings. The molecule has 1 aliphatic rings. The molecule has 5 rings (SSSR count). The minimum Gasteiger partial charge on any atom is -0.508 e. The van der Waals surface area contributed by atoms with Gasteiger partial charge in [0.15, 0.2) is 5.82 Å². The lowest BCUT2D eigenvalue weighted by atomic mass is 9.97. The van der Waals surface area contributed by atoms with Gasteiger partial charge in [-0.25, -0.2) is 4.98 Å². The van der Waals surface area contributed by atoms with E-state index in [1.165, 1.54) is 5.57 Å². The number of aromatic nitrogens is 4. The second-order valence-corrected chi connectivity index (χ2v) is 10.2. The number of phenols is 1. The van der Waals surface area contributed by atoms with Crippen molar-refractivity contribution in [2.24, 2.45) is 5.92 Å². The molecule has 4 N–H and O–H groups in total. The Morgan fingerprint density at radius 3 is 2.84 bits per heavy atom. The molecule has 1 amide bonds. The fourth-order valence-electron chi connectivity index (χ4n) is 4.99. The van der Waals surface area contributed by atoms with Gasteiger partial charge in [0, 0.05) is 43.7 Å².